The molecule has 0 radical (unpaired) electrons. The van der Waals surface area contributed by atoms with Crippen LogP contribution in [0.3, 0.4) is 0 Å². The van der Waals surface area contributed by atoms with Crippen molar-refractivity contribution in [3.63, 3.8) is 0 Å². The van der Waals surface area contributed by atoms with E-state index in [0.29, 0.717) is 5.92 Å². The maximum atomic E-state index is 11.1. The third kappa shape index (κ3) is 2.18. The first kappa shape index (κ1) is 13.2. The summed E-state index contributed by atoms with van der Waals surface area (Å²) in [5.41, 5.74) is 1.62. The van der Waals surface area contributed by atoms with Gasteiger partial charge < -0.3 is 14.5 Å². The third-order valence-corrected chi connectivity index (χ3v) is 3.50. The Morgan fingerprint density at radius 1 is 1.39 bits per heavy atom. The van der Waals surface area contributed by atoms with Gasteiger partial charge in [-0.05, 0) is 30.9 Å². The third-order valence-electron chi connectivity index (χ3n) is 3.50. The molecule has 3 rings (SSSR count). The quantitative estimate of drug-likeness (QED) is 0.591. The zero-order valence-electron chi connectivity index (χ0n) is 10.4. The molecule has 0 N–H and O–H groups in total. The van der Waals surface area contributed by atoms with Crippen molar-refractivity contribution in [2.75, 3.05) is 0 Å². The predicted octanol–water partition coefficient (Wildman–Crippen LogP) is -1.80. The Hall–Kier alpha value is -1.24. The van der Waals surface area contributed by atoms with Crippen molar-refractivity contribution in [3.8, 4) is 0 Å². The van der Waals surface area contributed by atoms with E-state index in [2.05, 4.69) is 4.98 Å². The number of imidazole rings is 1. The fourth-order valence-electron chi connectivity index (χ4n) is 2.35. The maximum absolute atomic E-state index is 11.1. The molecule has 18 heavy (non-hydrogen) atoms. The molecular formula is C13H13LiN2O2. The molecule has 1 aromatic heterocycles. The zero-order valence-corrected chi connectivity index (χ0v) is 10.4. The number of fused-ring (bicyclic) bond motifs is 1. The van der Waals surface area contributed by atoms with Gasteiger partial charge >= 0.3 is 18.9 Å². The van der Waals surface area contributed by atoms with E-state index < -0.39 is 5.97 Å². The van der Waals surface area contributed by atoms with Crippen LogP contribution < -0.4 is 24.0 Å². The summed E-state index contributed by atoms with van der Waals surface area (Å²) in [6, 6.07) is 7.51. The molecule has 1 aromatic carbocycles. The molecule has 0 amide bonds. The normalized spacial score (nSPS) is 15.1. The van der Waals surface area contributed by atoms with Gasteiger partial charge in [-0.1, -0.05) is 18.6 Å². The Kier molecular flexibility index (Phi) is 3.79. The number of aromatic carboxylic acids is 1. The van der Waals surface area contributed by atoms with E-state index in [4.69, 9.17) is 0 Å². The Balaban J connectivity index is 0.00000120. The second-order valence-corrected chi connectivity index (χ2v) is 4.62. The van der Waals surface area contributed by atoms with Gasteiger partial charge in [0.15, 0.2) is 5.82 Å². The van der Waals surface area contributed by atoms with E-state index >= 15 is 0 Å². The summed E-state index contributed by atoms with van der Waals surface area (Å²) in [7, 11) is 0. The minimum atomic E-state index is -1.19. The van der Waals surface area contributed by atoms with E-state index in [9.17, 15) is 9.90 Å². The van der Waals surface area contributed by atoms with E-state index in [-0.39, 0.29) is 24.7 Å². The van der Waals surface area contributed by atoms with E-state index in [1.54, 1.807) is 4.57 Å². The summed E-state index contributed by atoms with van der Waals surface area (Å²) < 4.78 is 1.79. The second kappa shape index (κ2) is 5.17. The van der Waals surface area contributed by atoms with Gasteiger partial charge in [-0.2, -0.15) is 0 Å². The van der Waals surface area contributed by atoms with Crippen molar-refractivity contribution in [2.24, 2.45) is 5.92 Å². The fourth-order valence-corrected chi connectivity index (χ4v) is 2.35. The average molecular weight is 236 g/mol. The SMILES string of the molecule is O=C([O-])c1nc2ccccc2n1CC1CCC1.[Li+]. The number of aromatic nitrogens is 2. The largest absolute Gasteiger partial charge is 1.00 e. The molecule has 0 unspecified atom stereocenters. The summed E-state index contributed by atoms with van der Waals surface area (Å²) in [6.45, 7) is 0.740. The van der Waals surface area contributed by atoms with Crippen molar-refractivity contribution in [3.05, 3.63) is 30.1 Å². The summed E-state index contributed by atoms with van der Waals surface area (Å²) in [5.74, 6) is -0.552. The summed E-state index contributed by atoms with van der Waals surface area (Å²) in [4.78, 5) is 15.2. The van der Waals surface area contributed by atoms with Gasteiger partial charge in [-0.15, -0.1) is 0 Å². The van der Waals surface area contributed by atoms with Gasteiger partial charge in [0.05, 0.1) is 11.0 Å². The van der Waals surface area contributed by atoms with Crippen LogP contribution in [0.25, 0.3) is 11.0 Å². The van der Waals surface area contributed by atoms with Gasteiger partial charge in [0.1, 0.15) is 5.97 Å². The van der Waals surface area contributed by atoms with Crippen LogP contribution in [0.4, 0.5) is 0 Å². The first-order chi connectivity index (χ1) is 8.25. The average Bonchev–Trinajstić information content (AvgIpc) is 2.62. The number of hydrogen-bond donors (Lipinski definition) is 0. The molecule has 2 aromatic rings. The molecular weight excluding hydrogens is 223 g/mol. The molecule has 1 aliphatic carbocycles. The number of para-hydroxylation sites is 2. The Morgan fingerprint density at radius 3 is 2.72 bits per heavy atom. The van der Waals surface area contributed by atoms with Crippen LogP contribution in [-0.2, 0) is 6.54 Å². The monoisotopic (exact) mass is 236 g/mol. The fraction of sp³-hybridized carbons (Fsp3) is 0.385. The van der Waals surface area contributed by atoms with Crippen molar-refractivity contribution >= 4 is 17.0 Å². The van der Waals surface area contributed by atoms with Gasteiger partial charge in [0.2, 0.25) is 0 Å². The van der Waals surface area contributed by atoms with Crippen molar-refractivity contribution in [1.82, 2.24) is 9.55 Å². The molecule has 0 aliphatic heterocycles. The van der Waals surface area contributed by atoms with Crippen LogP contribution in [0.15, 0.2) is 24.3 Å². The van der Waals surface area contributed by atoms with Crippen molar-refractivity contribution in [2.45, 2.75) is 25.8 Å². The van der Waals surface area contributed by atoms with Crippen LogP contribution in [0, 0.1) is 5.92 Å². The number of carbonyl (C=O) groups excluding carboxylic acids is 1. The van der Waals surface area contributed by atoms with Crippen LogP contribution in [0.5, 0.6) is 0 Å². The van der Waals surface area contributed by atoms with Gasteiger partial charge in [-0.25, -0.2) is 4.98 Å². The minimum Gasteiger partial charge on any atom is -0.542 e. The molecule has 0 bridgehead atoms. The number of benzene rings is 1. The number of hydrogen-bond acceptors (Lipinski definition) is 3. The topological polar surface area (TPSA) is 57.9 Å². The Bertz CT molecular complexity index is 575. The molecule has 1 heterocycles. The number of nitrogens with zero attached hydrogens (tertiary/aromatic N) is 2. The summed E-state index contributed by atoms with van der Waals surface area (Å²) in [5, 5.41) is 11.1. The Labute approximate surface area is 117 Å². The minimum absolute atomic E-state index is 0. The summed E-state index contributed by atoms with van der Waals surface area (Å²) in [6.07, 6.45) is 3.61. The number of rotatable bonds is 3. The van der Waals surface area contributed by atoms with Gasteiger partial charge in [0.25, 0.3) is 0 Å². The second-order valence-electron chi connectivity index (χ2n) is 4.62. The molecule has 0 saturated heterocycles. The Morgan fingerprint density at radius 2 is 2.11 bits per heavy atom. The number of carbonyl (C=O) groups is 1. The van der Waals surface area contributed by atoms with Gasteiger partial charge in [0, 0.05) is 6.54 Å². The number of carboxylic acids is 1. The predicted molar refractivity (Wildman–Crippen MR) is 61.4 cm³/mol. The smallest absolute Gasteiger partial charge is 0.542 e. The summed E-state index contributed by atoms with van der Waals surface area (Å²) >= 11 is 0. The maximum Gasteiger partial charge on any atom is 1.00 e. The molecule has 0 atom stereocenters. The molecule has 0 spiro atoms. The van der Waals surface area contributed by atoms with Crippen LogP contribution in [0.2, 0.25) is 0 Å². The first-order valence-corrected chi connectivity index (χ1v) is 5.92. The standard InChI is InChI=1S/C13H14N2O2.Li/c16-13(17)12-14-10-6-1-2-7-11(10)15(12)8-9-4-3-5-9;/h1-2,6-7,9H,3-5,8H2,(H,16,17);/q;+1/p-1. The van der Waals surface area contributed by atoms with Crippen molar-refractivity contribution < 1.29 is 28.8 Å². The molecule has 1 saturated carbocycles. The molecule has 4 nitrogen and oxygen atoms in total. The first-order valence-electron chi connectivity index (χ1n) is 5.92. The molecule has 88 valence electrons. The van der Waals surface area contributed by atoms with Crippen molar-refractivity contribution in [1.29, 1.82) is 0 Å². The molecule has 1 aliphatic rings. The zero-order chi connectivity index (χ0) is 11.8. The van der Waals surface area contributed by atoms with Gasteiger partial charge in [-0.3, -0.25) is 0 Å². The molecule has 1 fully saturated rings. The van der Waals surface area contributed by atoms with Crippen LogP contribution in [0.1, 0.15) is 29.9 Å². The van der Waals surface area contributed by atoms with Crippen LogP contribution in [-0.4, -0.2) is 15.5 Å². The van der Waals surface area contributed by atoms with Crippen LogP contribution >= 0.6 is 0 Å². The van der Waals surface area contributed by atoms with E-state index in [1.807, 2.05) is 24.3 Å². The number of carboxylic acid groups (broad SMARTS) is 1. The molecule has 5 heteroatoms. The van der Waals surface area contributed by atoms with E-state index in [1.165, 1.54) is 19.3 Å². The van der Waals surface area contributed by atoms with E-state index in [0.717, 1.165) is 17.6 Å².